The second-order valence-corrected chi connectivity index (χ2v) is 12.4. The molecule has 3 heteroatoms. The van der Waals surface area contributed by atoms with E-state index in [-0.39, 0.29) is 0 Å². The van der Waals surface area contributed by atoms with Crippen LogP contribution in [0.4, 0.5) is 0 Å². The zero-order valence-corrected chi connectivity index (χ0v) is 13.2. The Morgan fingerprint density at radius 1 is 1.13 bits per heavy atom. The molecule has 1 aliphatic rings. The van der Waals surface area contributed by atoms with Crippen LogP contribution < -0.4 is 0 Å². The van der Waals surface area contributed by atoms with Gasteiger partial charge in [-0.05, 0) is 44.1 Å². The molecule has 0 amide bonds. The van der Waals surface area contributed by atoms with Gasteiger partial charge < -0.3 is 4.12 Å². The minimum atomic E-state index is -1.47. The van der Waals surface area contributed by atoms with Gasteiger partial charge in [-0.2, -0.15) is 0 Å². The standard InChI is InChI=1S/C12H27OSi2/c1-6-12(10-8-7-9-11-12)15(4,5)13-14(2)3/h6-11H2,1-5H3. The van der Waals surface area contributed by atoms with Gasteiger partial charge in [0.25, 0.3) is 0 Å². The fourth-order valence-electron chi connectivity index (χ4n) is 3.23. The van der Waals surface area contributed by atoms with Crippen molar-refractivity contribution in [2.75, 3.05) is 0 Å². The fraction of sp³-hybridized carbons (Fsp3) is 1.00. The molecule has 0 saturated heterocycles. The summed E-state index contributed by atoms with van der Waals surface area (Å²) in [7, 11) is -2.00. The van der Waals surface area contributed by atoms with Gasteiger partial charge in [0.15, 0.2) is 17.4 Å². The lowest BCUT2D eigenvalue weighted by Crippen LogP contribution is -2.48. The van der Waals surface area contributed by atoms with Crippen LogP contribution in [0, 0.1) is 0 Å². The predicted octanol–water partition coefficient (Wildman–Crippen LogP) is 4.57. The Bertz CT molecular complexity index is 196. The maximum Gasteiger partial charge on any atom is 0.191 e. The summed E-state index contributed by atoms with van der Waals surface area (Å²) in [6.07, 6.45) is 8.51. The smallest absolute Gasteiger partial charge is 0.191 e. The summed E-state index contributed by atoms with van der Waals surface area (Å²) in [5.41, 5.74) is 0. The van der Waals surface area contributed by atoms with Crippen LogP contribution in [0.3, 0.4) is 0 Å². The maximum atomic E-state index is 6.41. The van der Waals surface area contributed by atoms with Gasteiger partial charge in [0.2, 0.25) is 0 Å². The van der Waals surface area contributed by atoms with Gasteiger partial charge in [0, 0.05) is 0 Å². The van der Waals surface area contributed by atoms with Crippen LogP contribution in [0.2, 0.25) is 31.2 Å². The molecule has 0 spiro atoms. The molecular formula is C12H27OSi2. The molecular weight excluding hydrogens is 216 g/mol. The van der Waals surface area contributed by atoms with Crippen LogP contribution in [0.25, 0.3) is 0 Å². The van der Waals surface area contributed by atoms with Crippen molar-refractivity contribution in [2.24, 2.45) is 0 Å². The van der Waals surface area contributed by atoms with Crippen molar-refractivity contribution < 1.29 is 4.12 Å². The normalized spacial score (nSPS) is 22.0. The Kier molecular flexibility index (Phi) is 4.62. The highest BCUT2D eigenvalue weighted by Crippen LogP contribution is 2.53. The molecule has 0 heterocycles. The molecule has 1 fully saturated rings. The zero-order valence-electron chi connectivity index (χ0n) is 11.2. The molecule has 0 aromatic carbocycles. The summed E-state index contributed by atoms with van der Waals surface area (Å²) in [6, 6.07) is 0. The minimum Gasteiger partial charge on any atom is -0.455 e. The first kappa shape index (κ1) is 13.5. The van der Waals surface area contributed by atoms with Crippen molar-refractivity contribution in [1.29, 1.82) is 0 Å². The first-order valence-corrected chi connectivity index (χ1v) is 11.7. The molecule has 0 aromatic rings. The Hall–Kier alpha value is 0.394. The Morgan fingerprint density at radius 3 is 2.07 bits per heavy atom. The fourth-order valence-corrected chi connectivity index (χ4v) is 10.6. The minimum absolute atomic E-state index is 0.526. The van der Waals surface area contributed by atoms with Gasteiger partial charge in [-0.15, -0.1) is 0 Å². The highest BCUT2D eigenvalue weighted by Gasteiger charge is 2.47. The molecule has 15 heavy (non-hydrogen) atoms. The number of rotatable bonds is 4. The van der Waals surface area contributed by atoms with Gasteiger partial charge in [-0.25, -0.2) is 0 Å². The Morgan fingerprint density at radius 2 is 1.67 bits per heavy atom. The van der Waals surface area contributed by atoms with E-state index in [1.165, 1.54) is 38.5 Å². The van der Waals surface area contributed by atoms with E-state index in [1.54, 1.807) is 0 Å². The molecule has 0 aromatic heterocycles. The van der Waals surface area contributed by atoms with Crippen molar-refractivity contribution in [3.8, 4) is 0 Å². The van der Waals surface area contributed by atoms with Gasteiger partial charge in [-0.3, -0.25) is 0 Å². The van der Waals surface area contributed by atoms with Crippen LogP contribution in [-0.4, -0.2) is 17.4 Å². The summed E-state index contributed by atoms with van der Waals surface area (Å²) >= 11 is 0. The van der Waals surface area contributed by atoms with Gasteiger partial charge in [0.1, 0.15) is 0 Å². The van der Waals surface area contributed by atoms with Gasteiger partial charge in [-0.1, -0.05) is 32.6 Å². The molecule has 0 atom stereocenters. The SMILES string of the molecule is CCC1([Si](C)(C)O[Si](C)C)CCCCC1. The van der Waals surface area contributed by atoms with Crippen molar-refractivity contribution >= 4 is 17.4 Å². The van der Waals surface area contributed by atoms with Crippen molar-refractivity contribution in [3.63, 3.8) is 0 Å². The number of hydrogen-bond acceptors (Lipinski definition) is 1. The van der Waals surface area contributed by atoms with Gasteiger partial charge in [0.05, 0.1) is 0 Å². The maximum absolute atomic E-state index is 6.41. The summed E-state index contributed by atoms with van der Waals surface area (Å²) in [4.78, 5) is 0. The van der Waals surface area contributed by atoms with Crippen LogP contribution in [-0.2, 0) is 4.12 Å². The van der Waals surface area contributed by atoms with Crippen LogP contribution in [0.5, 0.6) is 0 Å². The van der Waals surface area contributed by atoms with Crippen molar-refractivity contribution in [1.82, 2.24) is 0 Å². The quantitative estimate of drug-likeness (QED) is 0.657. The van der Waals surface area contributed by atoms with E-state index in [9.17, 15) is 0 Å². The second kappa shape index (κ2) is 5.15. The van der Waals surface area contributed by atoms with E-state index in [0.717, 1.165) is 0 Å². The van der Waals surface area contributed by atoms with E-state index < -0.39 is 17.4 Å². The van der Waals surface area contributed by atoms with E-state index in [2.05, 4.69) is 33.1 Å². The molecule has 0 aliphatic heterocycles. The predicted molar refractivity (Wildman–Crippen MR) is 72.1 cm³/mol. The highest BCUT2D eigenvalue weighted by molar-refractivity contribution is 6.80. The third-order valence-electron chi connectivity index (χ3n) is 4.22. The third kappa shape index (κ3) is 2.95. The Balaban J connectivity index is 2.78. The molecule has 0 unspecified atom stereocenters. The molecule has 89 valence electrons. The molecule has 1 rings (SSSR count). The molecule has 0 N–H and O–H groups in total. The first-order valence-electron chi connectivity index (χ1n) is 6.43. The lowest BCUT2D eigenvalue weighted by atomic mass is 9.86. The molecule has 1 aliphatic carbocycles. The monoisotopic (exact) mass is 243 g/mol. The van der Waals surface area contributed by atoms with Crippen LogP contribution in [0.1, 0.15) is 45.4 Å². The Labute approximate surface area is 98.5 Å². The van der Waals surface area contributed by atoms with E-state index >= 15 is 0 Å². The summed E-state index contributed by atoms with van der Waals surface area (Å²) in [6.45, 7) is 11.9. The average molecular weight is 244 g/mol. The topological polar surface area (TPSA) is 9.23 Å². The largest absolute Gasteiger partial charge is 0.455 e. The average Bonchev–Trinajstić information content (AvgIpc) is 2.16. The van der Waals surface area contributed by atoms with E-state index in [4.69, 9.17) is 4.12 Å². The molecule has 1 radical (unpaired) electrons. The zero-order chi connectivity index (χ0) is 11.5. The van der Waals surface area contributed by atoms with E-state index in [1.807, 2.05) is 0 Å². The van der Waals surface area contributed by atoms with Crippen molar-refractivity contribution in [3.05, 3.63) is 0 Å². The lowest BCUT2D eigenvalue weighted by molar-refractivity contribution is 0.320. The molecule has 1 saturated carbocycles. The summed E-state index contributed by atoms with van der Waals surface area (Å²) < 4.78 is 6.41. The highest BCUT2D eigenvalue weighted by atomic mass is 28.4. The molecule has 1 nitrogen and oxygen atoms in total. The lowest BCUT2D eigenvalue weighted by Gasteiger charge is -2.48. The van der Waals surface area contributed by atoms with Gasteiger partial charge >= 0.3 is 0 Å². The first-order chi connectivity index (χ1) is 6.93. The second-order valence-electron chi connectivity index (χ2n) is 5.72. The van der Waals surface area contributed by atoms with Crippen molar-refractivity contribution in [2.45, 2.75) is 76.7 Å². The van der Waals surface area contributed by atoms with E-state index in [0.29, 0.717) is 5.04 Å². The van der Waals surface area contributed by atoms with Crippen LogP contribution in [0.15, 0.2) is 0 Å². The van der Waals surface area contributed by atoms with Crippen LogP contribution >= 0.6 is 0 Å². The number of hydrogen-bond donors (Lipinski definition) is 0. The third-order valence-corrected chi connectivity index (χ3v) is 11.3. The summed E-state index contributed by atoms with van der Waals surface area (Å²) in [5, 5.41) is 0.590. The molecule has 0 bridgehead atoms. The summed E-state index contributed by atoms with van der Waals surface area (Å²) in [5.74, 6) is 0.